The van der Waals surface area contributed by atoms with E-state index in [1.807, 2.05) is 36.4 Å². The van der Waals surface area contributed by atoms with Crippen LogP contribution in [0.1, 0.15) is 11.1 Å². The molecule has 3 rings (SSSR count). The van der Waals surface area contributed by atoms with Gasteiger partial charge in [-0.15, -0.1) is 0 Å². The van der Waals surface area contributed by atoms with Crippen LogP contribution < -0.4 is 24.8 Å². The molecule has 3 aromatic rings. The van der Waals surface area contributed by atoms with Crippen molar-refractivity contribution in [3.8, 4) is 17.2 Å². The van der Waals surface area contributed by atoms with Gasteiger partial charge in [0.1, 0.15) is 12.4 Å². The molecule has 0 unspecified atom stereocenters. The number of amides is 2. The first kappa shape index (κ1) is 21.8. The summed E-state index contributed by atoms with van der Waals surface area (Å²) < 4.78 is 40.1. The fraction of sp³-hybridized carbons (Fsp3) is 0.182. The monoisotopic (exact) mass is 429 g/mol. The van der Waals surface area contributed by atoms with Crippen molar-refractivity contribution in [3.05, 3.63) is 78.1 Å². The molecular weight excluding hydrogens is 408 g/mol. The molecule has 0 radical (unpaired) electrons. The number of benzene rings is 2. The van der Waals surface area contributed by atoms with E-state index in [-0.39, 0.29) is 23.7 Å². The maximum Gasteiger partial charge on any atom is 0.387 e. The highest BCUT2D eigenvalue weighted by molar-refractivity contribution is 5.89. The number of ether oxygens (including phenoxy) is 3. The molecule has 0 spiro atoms. The molecule has 2 N–H and O–H groups in total. The van der Waals surface area contributed by atoms with Gasteiger partial charge >= 0.3 is 12.6 Å². The summed E-state index contributed by atoms with van der Waals surface area (Å²) in [5.41, 5.74) is 2.11. The number of carbonyl (C=O) groups excluding carboxylic acids is 1. The minimum atomic E-state index is -3.01. The maximum atomic E-state index is 12.5. The smallest absolute Gasteiger partial charge is 0.387 e. The third kappa shape index (κ3) is 6.84. The van der Waals surface area contributed by atoms with E-state index in [1.54, 1.807) is 12.4 Å². The predicted octanol–water partition coefficient (Wildman–Crippen LogP) is 4.59. The van der Waals surface area contributed by atoms with E-state index in [1.165, 1.54) is 25.3 Å². The van der Waals surface area contributed by atoms with Crippen molar-refractivity contribution >= 4 is 11.7 Å². The SMILES string of the molecule is COc1ccc(NC(=O)NCc2ccc(OCc3cccnc3)cc2)cc1OC(F)F. The van der Waals surface area contributed by atoms with Gasteiger partial charge in [0.2, 0.25) is 0 Å². The molecule has 9 heteroatoms. The van der Waals surface area contributed by atoms with Crippen LogP contribution in [0.5, 0.6) is 17.2 Å². The lowest BCUT2D eigenvalue weighted by Gasteiger charge is -2.13. The van der Waals surface area contributed by atoms with Gasteiger partial charge in [-0.2, -0.15) is 8.78 Å². The number of methoxy groups -OCH3 is 1. The highest BCUT2D eigenvalue weighted by Crippen LogP contribution is 2.31. The first-order chi connectivity index (χ1) is 15.0. The van der Waals surface area contributed by atoms with E-state index < -0.39 is 12.6 Å². The third-order valence-corrected chi connectivity index (χ3v) is 4.14. The van der Waals surface area contributed by atoms with Gasteiger partial charge in [0, 0.05) is 36.3 Å². The molecule has 2 amide bonds. The number of nitrogens with zero attached hydrogens (tertiary/aromatic N) is 1. The van der Waals surface area contributed by atoms with Gasteiger partial charge in [0.25, 0.3) is 0 Å². The molecule has 162 valence electrons. The first-order valence-electron chi connectivity index (χ1n) is 9.32. The standard InChI is InChI=1S/C22H21F2N3O4/c1-29-19-9-6-17(11-20(19)31-21(23)24)27-22(28)26-13-15-4-7-18(8-5-15)30-14-16-3-2-10-25-12-16/h2-12,21H,13-14H2,1H3,(H2,26,27,28). The van der Waals surface area contributed by atoms with Crippen LogP contribution >= 0.6 is 0 Å². The number of carbonyl (C=O) groups is 1. The number of alkyl halides is 2. The van der Waals surface area contributed by atoms with Gasteiger partial charge in [-0.25, -0.2) is 4.79 Å². The molecule has 1 aromatic heterocycles. The van der Waals surface area contributed by atoms with E-state index in [0.717, 1.165) is 11.1 Å². The van der Waals surface area contributed by atoms with Crippen LogP contribution in [0, 0.1) is 0 Å². The van der Waals surface area contributed by atoms with E-state index >= 15 is 0 Å². The lowest BCUT2D eigenvalue weighted by Crippen LogP contribution is -2.28. The summed E-state index contributed by atoms with van der Waals surface area (Å²) in [7, 11) is 1.34. The Hall–Kier alpha value is -3.88. The van der Waals surface area contributed by atoms with Crippen molar-refractivity contribution in [1.82, 2.24) is 10.3 Å². The summed E-state index contributed by atoms with van der Waals surface area (Å²) in [5, 5.41) is 5.26. The number of pyridine rings is 1. The summed E-state index contributed by atoms with van der Waals surface area (Å²) in [6.45, 7) is -2.33. The van der Waals surface area contributed by atoms with Crippen molar-refractivity contribution in [3.63, 3.8) is 0 Å². The van der Waals surface area contributed by atoms with E-state index in [0.29, 0.717) is 12.4 Å². The van der Waals surface area contributed by atoms with Crippen molar-refractivity contribution in [2.24, 2.45) is 0 Å². The molecule has 7 nitrogen and oxygen atoms in total. The van der Waals surface area contributed by atoms with E-state index in [4.69, 9.17) is 9.47 Å². The maximum absolute atomic E-state index is 12.5. The van der Waals surface area contributed by atoms with E-state index in [2.05, 4.69) is 20.4 Å². The number of aromatic nitrogens is 1. The molecule has 0 aliphatic carbocycles. The molecule has 0 atom stereocenters. The Morgan fingerprint density at radius 2 is 1.87 bits per heavy atom. The molecule has 0 bridgehead atoms. The Labute approximate surface area is 178 Å². The molecule has 0 aliphatic heterocycles. The van der Waals surface area contributed by atoms with Gasteiger partial charge in [0.05, 0.1) is 7.11 Å². The molecule has 0 fully saturated rings. The van der Waals surface area contributed by atoms with Gasteiger partial charge in [-0.1, -0.05) is 18.2 Å². The zero-order valence-electron chi connectivity index (χ0n) is 16.7. The van der Waals surface area contributed by atoms with E-state index in [9.17, 15) is 13.6 Å². The Bertz CT molecular complexity index is 986. The average Bonchev–Trinajstić information content (AvgIpc) is 2.77. The number of rotatable bonds is 9. The first-order valence-corrected chi connectivity index (χ1v) is 9.32. The fourth-order valence-electron chi connectivity index (χ4n) is 2.65. The third-order valence-electron chi connectivity index (χ3n) is 4.14. The van der Waals surface area contributed by atoms with Crippen molar-refractivity contribution in [1.29, 1.82) is 0 Å². The molecule has 31 heavy (non-hydrogen) atoms. The number of urea groups is 1. The predicted molar refractivity (Wildman–Crippen MR) is 110 cm³/mol. The Morgan fingerprint density at radius 3 is 2.55 bits per heavy atom. The number of hydrogen-bond donors (Lipinski definition) is 2. The van der Waals surface area contributed by atoms with Gasteiger partial charge in [-0.05, 0) is 35.9 Å². The zero-order valence-corrected chi connectivity index (χ0v) is 16.7. The normalized spacial score (nSPS) is 10.5. The van der Waals surface area contributed by atoms with Crippen LogP contribution in [0.3, 0.4) is 0 Å². The summed E-state index contributed by atoms with van der Waals surface area (Å²) in [4.78, 5) is 16.2. The lowest BCUT2D eigenvalue weighted by molar-refractivity contribution is -0.0511. The topological polar surface area (TPSA) is 81.7 Å². The van der Waals surface area contributed by atoms with Gasteiger partial charge in [0.15, 0.2) is 11.5 Å². The number of nitrogens with one attached hydrogen (secondary N) is 2. The highest BCUT2D eigenvalue weighted by atomic mass is 19.3. The summed E-state index contributed by atoms with van der Waals surface area (Å²) in [6, 6.07) is 14.8. The minimum absolute atomic E-state index is 0.136. The number of hydrogen-bond acceptors (Lipinski definition) is 5. The van der Waals surface area contributed by atoms with Crippen LogP contribution in [0.25, 0.3) is 0 Å². The quantitative estimate of drug-likeness (QED) is 0.520. The minimum Gasteiger partial charge on any atom is -0.493 e. The van der Waals surface area contributed by atoms with Crippen LogP contribution in [0.2, 0.25) is 0 Å². The van der Waals surface area contributed by atoms with Crippen LogP contribution in [-0.2, 0) is 13.2 Å². The molecule has 0 aliphatic rings. The summed E-state index contributed by atoms with van der Waals surface area (Å²) in [5.74, 6) is 0.663. The number of anilines is 1. The largest absolute Gasteiger partial charge is 0.493 e. The molecule has 0 saturated heterocycles. The molecule has 2 aromatic carbocycles. The number of halogens is 2. The molecular formula is C22H21F2N3O4. The Kier molecular flexibility index (Phi) is 7.58. The van der Waals surface area contributed by atoms with Crippen LogP contribution in [0.4, 0.5) is 19.3 Å². The van der Waals surface area contributed by atoms with Crippen molar-refractivity contribution in [2.45, 2.75) is 19.8 Å². The summed E-state index contributed by atoms with van der Waals surface area (Å²) in [6.07, 6.45) is 3.44. The van der Waals surface area contributed by atoms with Crippen LogP contribution in [-0.4, -0.2) is 24.7 Å². The second-order valence-corrected chi connectivity index (χ2v) is 6.35. The lowest BCUT2D eigenvalue weighted by atomic mass is 10.2. The molecule has 0 saturated carbocycles. The molecule has 1 heterocycles. The average molecular weight is 429 g/mol. The van der Waals surface area contributed by atoms with Gasteiger partial charge < -0.3 is 24.8 Å². The zero-order chi connectivity index (χ0) is 22.1. The van der Waals surface area contributed by atoms with Crippen LogP contribution in [0.15, 0.2) is 67.0 Å². The van der Waals surface area contributed by atoms with Crippen molar-refractivity contribution in [2.75, 3.05) is 12.4 Å². The summed E-state index contributed by atoms with van der Waals surface area (Å²) >= 11 is 0. The van der Waals surface area contributed by atoms with Gasteiger partial charge in [-0.3, -0.25) is 4.98 Å². The Balaban J connectivity index is 1.49. The van der Waals surface area contributed by atoms with Crippen molar-refractivity contribution < 1.29 is 27.8 Å². The Morgan fingerprint density at radius 1 is 1.06 bits per heavy atom. The second-order valence-electron chi connectivity index (χ2n) is 6.35. The second kappa shape index (κ2) is 10.8. The fourth-order valence-corrected chi connectivity index (χ4v) is 2.65. The highest BCUT2D eigenvalue weighted by Gasteiger charge is 2.12.